The number of para-hydroxylation sites is 1. The molecule has 25 heavy (non-hydrogen) atoms. The molecule has 2 aromatic carbocycles. The quantitative estimate of drug-likeness (QED) is 0.777. The lowest BCUT2D eigenvalue weighted by Crippen LogP contribution is -2.49. The van der Waals surface area contributed by atoms with Crippen molar-refractivity contribution in [2.45, 2.75) is 13.1 Å². The molecule has 4 rings (SSSR count). The van der Waals surface area contributed by atoms with Crippen LogP contribution in [0.4, 0.5) is 0 Å². The number of nitrogens with one attached hydrogen (secondary N) is 1. The smallest absolute Gasteiger partial charge is 0.237 e. The van der Waals surface area contributed by atoms with Crippen LogP contribution in [0.25, 0.3) is 10.9 Å². The summed E-state index contributed by atoms with van der Waals surface area (Å²) in [6.07, 6.45) is 0. The number of fused-ring (bicyclic) bond motifs is 1. The number of benzene rings is 2. The van der Waals surface area contributed by atoms with Gasteiger partial charge in [-0.2, -0.15) is 0 Å². The number of piperazine rings is 1. The summed E-state index contributed by atoms with van der Waals surface area (Å²) in [6.45, 7) is 3.52. The number of carbonyl (C=O) groups excluding carboxylic acids is 1. The maximum Gasteiger partial charge on any atom is 0.237 e. The number of H-pyrrole nitrogens is 1. The fourth-order valence-electron chi connectivity index (χ4n) is 3.33. The first-order valence-corrected chi connectivity index (χ1v) is 8.86. The van der Waals surface area contributed by atoms with Gasteiger partial charge >= 0.3 is 0 Å². The number of halogens is 1. The van der Waals surface area contributed by atoms with E-state index in [9.17, 15) is 4.79 Å². The molecule has 0 spiro atoms. The lowest BCUT2D eigenvalue weighted by Gasteiger charge is -2.34. The molecule has 128 valence electrons. The summed E-state index contributed by atoms with van der Waals surface area (Å²) in [7, 11) is 0. The fraction of sp³-hybridized carbons (Fsp3) is 0.250. The van der Waals surface area contributed by atoms with Crippen LogP contribution < -0.4 is 0 Å². The van der Waals surface area contributed by atoms with Crippen molar-refractivity contribution < 1.29 is 4.79 Å². The third-order valence-corrected chi connectivity index (χ3v) is 4.92. The molecule has 1 saturated heterocycles. The Morgan fingerprint density at radius 1 is 1.00 bits per heavy atom. The summed E-state index contributed by atoms with van der Waals surface area (Å²) >= 11 is 5.92. The van der Waals surface area contributed by atoms with Gasteiger partial charge < -0.3 is 9.88 Å². The largest absolute Gasteiger partial charge is 0.357 e. The summed E-state index contributed by atoms with van der Waals surface area (Å²) in [4.78, 5) is 20.0. The molecule has 1 aliphatic rings. The predicted molar refractivity (Wildman–Crippen MR) is 100 cm³/mol. The highest BCUT2D eigenvalue weighted by Crippen LogP contribution is 2.18. The summed E-state index contributed by atoms with van der Waals surface area (Å²) in [5.74, 6) is 0.178. The Bertz CT molecular complexity index is 854. The van der Waals surface area contributed by atoms with Gasteiger partial charge in [0.25, 0.3) is 0 Å². The van der Waals surface area contributed by atoms with E-state index in [4.69, 9.17) is 11.6 Å². The van der Waals surface area contributed by atoms with E-state index in [-0.39, 0.29) is 5.91 Å². The first-order valence-electron chi connectivity index (χ1n) is 8.48. The van der Waals surface area contributed by atoms with Crippen LogP contribution in [-0.2, 0) is 17.9 Å². The van der Waals surface area contributed by atoms with Crippen LogP contribution >= 0.6 is 11.6 Å². The molecule has 1 N–H and O–H groups in total. The summed E-state index contributed by atoms with van der Waals surface area (Å²) < 4.78 is 0. The van der Waals surface area contributed by atoms with E-state index in [0.29, 0.717) is 13.1 Å². The summed E-state index contributed by atoms with van der Waals surface area (Å²) in [6, 6.07) is 18.1. The molecule has 0 unspecified atom stereocenters. The van der Waals surface area contributed by atoms with E-state index in [1.807, 2.05) is 41.3 Å². The zero-order valence-electron chi connectivity index (χ0n) is 13.9. The Labute approximate surface area is 152 Å². The van der Waals surface area contributed by atoms with Crippen LogP contribution in [0.15, 0.2) is 54.6 Å². The van der Waals surface area contributed by atoms with Gasteiger partial charge in [0.05, 0.1) is 6.54 Å². The molecule has 0 aliphatic carbocycles. The van der Waals surface area contributed by atoms with Crippen LogP contribution in [0.2, 0.25) is 5.02 Å². The van der Waals surface area contributed by atoms with Crippen molar-refractivity contribution in [2.24, 2.45) is 0 Å². The Kier molecular flexibility index (Phi) is 4.47. The maximum atomic E-state index is 12.5. The lowest BCUT2D eigenvalue weighted by atomic mass is 10.2. The first-order chi connectivity index (χ1) is 12.2. The molecule has 1 aromatic heterocycles. The Balaban J connectivity index is 1.37. The van der Waals surface area contributed by atoms with Crippen LogP contribution in [0, 0.1) is 0 Å². The monoisotopic (exact) mass is 353 g/mol. The number of hydrogen-bond donors (Lipinski definition) is 1. The van der Waals surface area contributed by atoms with Crippen molar-refractivity contribution >= 4 is 28.4 Å². The highest BCUT2D eigenvalue weighted by atomic mass is 35.5. The number of hydrogen-bond acceptors (Lipinski definition) is 2. The van der Waals surface area contributed by atoms with Gasteiger partial charge in [0, 0.05) is 42.4 Å². The Hall–Kier alpha value is -2.30. The maximum absolute atomic E-state index is 12.5. The average Bonchev–Trinajstić information content (AvgIpc) is 3.01. The second kappa shape index (κ2) is 6.90. The van der Waals surface area contributed by atoms with Crippen molar-refractivity contribution in [1.29, 1.82) is 0 Å². The van der Waals surface area contributed by atoms with Gasteiger partial charge in [0.1, 0.15) is 0 Å². The molecule has 4 nitrogen and oxygen atoms in total. The molecule has 1 amide bonds. The normalized spacial score (nSPS) is 15.9. The van der Waals surface area contributed by atoms with Crippen molar-refractivity contribution in [1.82, 2.24) is 14.8 Å². The molecule has 0 bridgehead atoms. The van der Waals surface area contributed by atoms with Crippen molar-refractivity contribution in [3.63, 3.8) is 0 Å². The van der Waals surface area contributed by atoms with Gasteiger partial charge in [-0.1, -0.05) is 41.9 Å². The van der Waals surface area contributed by atoms with Crippen LogP contribution in [0.5, 0.6) is 0 Å². The first kappa shape index (κ1) is 16.2. The highest BCUT2D eigenvalue weighted by molar-refractivity contribution is 6.30. The van der Waals surface area contributed by atoms with Crippen LogP contribution in [0.3, 0.4) is 0 Å². The standard InChI is InChI=1S/C20H20ClN3O/c21-17-7-5-15(6-8-17)12-24-10-9-23(14-20(24)25)13-18-11-16-3-1-2-4-19(16)22-18/h1-8,11,22H,9-10,12-14H2. The molecular weight excluding hydrogens is 334 g/mol. The van der Waals surface area contributed by atoms with Gasteiger partial charge in [-0.05, 0) is 35.2 Å². The van der Waals surface area contributed by atoms with Gasteiger partial charge in [0.15, 0.2) is 0 Å². The SMILES string of the molecule is O=C1CN(Cc2cc3ccccc3[nH]2)CCN1Cc1ccc(Cl)cc1. The molecule has 1 aliphatic heterocycles. The van der Waals surface area contributed by atoms with Crippen molar-refractivity contribution in [3.05, 3.63) is 70.9 Å². The van der Waals surface area contributed by atoms with Crippen molar-refractivity contribution in [3.8, 4) is 0 Å². The Morgan fingerprint density at radius 3 is 2.56 bits per heavy atom. The number of carbonyl (C=O) groups is 1. The molecule has 0 atom stereocenters. The van der Waals surface area contributed by atoms with Crippen LogP contribution in [-0.4, -0.2) is 40.3 Å². The minimum atomic E-state index is 0.178. The molecular formula is C20H20ClN3O. The minimum Gasteiger partial charge on any atom is -0.357 e. The fourth-order valence-corrected chi connectivity index (χ4v) is 3.46. The second-order valence-electron chi connectivity index (χ2n) is 6.53. The number of amides is 1. The van der Waals surface area contributed by atoms with Crippen LogP contribution in [0.1, 0.15) is 11.3 Å². The number of nitrogens with zero attached hydrogens (tertiary/aromatic N) is 2. The van der Waals surface area contributed by atoms with E-state index >= 15 is 0 Å². The third-order valence-electron chi connectivity index (χ3n) is 4.66. The predicted octanol–water partition coefficient (Wildman–Crippen LogP) is 3.67. The number of aromatic amines is 1. The minimum absolute atomic E-state index is 0.178. The van der Waals surface area contributed by atoms with E-state index in [0.717, 1.165) is 41.4 Å². The molecule has 1 fully saturated rings. The molecule has 0 saturated carbocycles. The zero-order valence-corrected chi connectivity index (χ0v) is 14.7. The average molecular weight is 354 g/mol. The molecule has 2 heterocycles. The topological polar surface area (TPSA) is 39.3 Å². The number of aromatic nitrogens is 1. The zero-order chi connectivity index (χ0) is 17.2. The summed E-state index contributed by atoms with van der Waals surface area (Å²) in [5.41, 5.74) is 3.41. The summed E-state index contributed by atoms with van der Waals surface area (Å²) in [5, 5.41) is 1.93. The third kappa shape index (κ3) is 3.70. The van der Waals surface area contributed by atoms with E-state index in [1.165, 1.54) is 5.39 Å². The van der Waals surface area contributed by atoms with E-state index < -0.39 is 0 Å². The molecule has 3 aromatic rings. The van der Waals surface area contributed by atoms with Crippen molar-refractivity contribution in [2.75, 3.05) is 19.6 Å². The van der Waals surface area contributed by atoms with E-state index in [2.05, 4.69) is 28.1 Å². The number of rotatable bonds is 4. The van der Waals surface area contributed by atoms with Gasteiger partial charge in [-0.15, -0.1) is 0 Å². The van der Waals surface area contributed by atoms with Gasteiger partial charge in [-0.3, -0.25) is 9.69 Å². The second-order valence-corrected chi connectivity index (χ2v) is 6.97. The molecule has 0 radical (unpaired) electrons. The Morgan fingerprint density at radius 2 is 1.80 bits per heavy atom. The molecule has 5 heteroatoms. The van der Waals surface area contributed by atoms with Gasteiger partial charge in [0.2, 0.25) is 5.91 Å². The highest BCUT2D eigenvalue weighted by Gasteiger charge is 2.24. The van der Waals surface area contributed by atoms with E-state index in [1.54, 1.807) is 0 Å². The lowest BCUT2D eigenvalue weighted by molar-refractivity contribution is -0.136. The van der Waals surface area contributed by atoms with Gasteiger partial charge in [-0.25, -0.2) is 0 Å².